The van der Waals surface area contributed by atoms with Crippen molar-refractivity contribution in [1.29, 1.82) is 0 Å². The summed E-state index contributed by atoms with van der Waals surface area (Å²) in [5.74, 6) is -0.910. The molecule has 3 aromatic carbocycles. The first-order valence-electron chi connectivity index (χ1n) is 12.9. The molecule has 13 heteroatoms. The van der Waals surface area contributed by atoms with Crippen molar-refractivity contribution in [3.63, 3.8) is 0 Å². The summed E-state index contributed by atoms with van der Waals surface area (Å²) >= 11 is 0. The van der Waals surface area contributed by atoms with E-state index in [1.807, 2.05) is 29.2 Å². The van der Waals surface area contributed by atoms with Crippen molar-refractivity contribution in [3.8, 4) is 11.5 Å². The second kappa shape index (κ2) is 13.2. The first-order valence-corrected chi connectivity index (χ1v) is 12.9. The molecule has 1 saturated heterocycles. The van der Waals surface area contributed by atoms with Crippen LogP contribution in [0.15, 0.2) is 65.7 Å². The van der Waals surface area contributed by atoms with Crippen LogP contribution in [0.5, 0.6) is 11.5 Å². The molecule has 1 atom stereocenters. The molecule has 0 unspecified atom stereocenters. The Kier molecular flexibility index (Phi) is 10.1. The van der Waals surface area contributed by atoms with Crippen LogP contribution in [-0.4, -0.2) is 62.3 Å². The van der Waals surface area contributed by atoms with E-state index >= 15 is 4.39 Å². The summed E-state index contributed by atoms with van der Waals surface area (Å²) < 4.78 is 67.3. The molecule has 2 aliphatic rings. The molecular weight excluding hydrogens is 583 g/mol. The maximum absolute atomic E-state index is 15.1. The molecule has 3 aromatic rings. The quantitative estimate of drug-likeness (QED) is 0.339. The van der Waals surface area contributed by atoms with Gasteiger partial charge in [0.05, 0.1) is 37.9 Å². The van der Waals surface area contributed by atoms with Gasteiger partial charge in [0.25, 0.3) is 0 Å². The van der Waals surface area contributed by atoms with E-state index in [0.717, 1.165) is 17.8 Å². The maximum Gasteiger partial charge on any atom is 1.00 e. The SMILES string of the molecule is COc1cccc(N2CCN(C3=Nc4c(F)cccc4[C@H](CC(=O)O)N3c3cc(C(F)(F)F)ccc3OC)CC2)c1.[H-].[K+]. The number of para-hydroxylation sites is 1. The number of benzene rings is 3. The first-order chi connectivity index (χ1) is 19.6. The molecule has 0 radical (unpaired) electrons. The van der Waals surface area contributed by atoms with Gasteiger partial charge >= 0.3 is 63.5 Å². The van der Waals surface area contributed by atoms with Crippen molar-refractivity contribution in [3.05, 3.63) is 77.6 Å². The topological polar surface area (TPSA) is 77.8 Å². The standard InChI is InChI=1S/C29H28F4N4O4.K.H/c1-40-20-6-3-5-19(16-20)35-11-13-36(14-12-35)28-34-27-21(7-4-8-22(27)30)23(17-26(38)39)37(28)24-15-18(29(31,32)33)9-10-25(24)41-2;;/h3-10,15-16,23H,11-14,17H2,1-2H3,(H,38,39);;/q;+1;-1/t23-;;/m0../s1. The number of anilines is 2. The molecule has 2 aliphatic heterocycles. The number of carboxylic acid groups (broad SMARTS) is 1. The second-order valence-corrected chi connectivity index (χ2v) is 9.63. The van der Waals surface area contributed by atoms with Crippen molar-refractivity contribution in [2.75, 3.05) is 50.2 Å². The number of halogens is 4. The summed E-state index contributed by atoms with van der Waals surface area (Å²) in [7, 11) is 2.90. The smallest absolute Gasteiger partial charge is 1.00 e. The molecule has 1 fully saturated rings. The Morgan fingerprint density at radius 2 is 1.69 bits per heavy atom. The molecule has 0 saturated carbocycles. The molecule has 42 heavy (non-hydrogen) atoms. The third-order valence-electron chi connectivity index (χ3n) is 7.23. The van der Waals surface area contributed by atoms with Crippen molar-refractivity contribution in [2.45, 2.75) is 18.6 Å². The van der Waals surface area contributed by atoms with E-state index in [0.29, 0.717) is 31.9 Å². The number of methoxy groups -OCH3 is 2. The van der Waals surface area contributed by atoms with Crippen LogP contribution in [0.3, 0.4) is 0 Å². The monoisotopic (exact) mass is 612 g/mol. The zero-order chi connectivity index (χ0) is 29.3. The minimum Gasteiger partial charge on any atom is -1.00 e. The number of guanidine groups is 1. The number of fused-ring (bicyclic) bond motifs is 1. The molecule has 0 aromatic heterocycles. The third kappa shape index (κ3) is 6.54. The van der Waals surface area contributed by atoms with Gasteiger partial charge in [0.1, 0.15) is 23.0 Å². The summed E-state index contributed by atoms with van der Waals surface area (Å²) in [6, 6.07) is 13.7. The van der Waals surface area contributed by atoms with Crippen LogP contribution >= 0.6 is 0 Å². The fourth-order valence-electron chi connectivity index (χ4n) is 5.24. The molecule has 2 heterocycles. The van der Waals surface area contributed by atoms with E-state index in [1.165, 1.54) is 30.2 Å². The normalized spacial score (nSPS) is 16.8. The Morgan fingerprint density at radius 1 is 1.00 bits per heavy atom. The molecule has 0 amide bonds. The number of alkyl halides is 3. The molecular formula is C29H29F4KN4O4. The van der Waals surface area contributed by atoms with E-state index in [1.54, 1.807) is 13.2 Å². The number of rotatable bonds is 6. The number of piperazine rings is 1. The van der Waals surface area contributed by atoms with Gasteiger partial charge in [-0.3, -0.25) is 4.79 Å². The third-order valence-corrected chi connectivity index (χ3v) is 7.23. The van der Waals surface area contributed by atoms with Gasteiger partial charge < -0.3 is 30.7 Å². The van der Waals surface area contributed by atoms with E-state index in [9.17, 15) is 23.1 Å². The van der Waals surface area contributed by atoms with Crippen LogP contribution < -0.4 is 70.7 Å². The summed E-state index contributed by atoms with van der Waals surface area (Å²) in [5.41, 5.74) is 0.204. The van der Waals surface area contributed by atoms with Crippen LogP contribution in [0.1, 0.15) is 25.0 Å². The van der Waals surface area contributed by atoms with Crippen molar-refractivity contribution >= 4 is 29.0 Å². The van der Waals surface area contributed by atoms with Crippen LogP contribution in [0.4, 0.5) is 34.6 Å². The van der Waals surface area contributed by atoms with Crippen LogP contribution in [0.25, 0.3) is 0 Å². The van der Waals surface area contributed by atoms with E-state index in [-0.39, 0.29) is 81.5 Å². The minimum absolute atomic E-state index is 0. The molecule has 1 N–H and O–H groups in total. The number of carboxylic acids is 1. The number of aliphatic carboxylic acids is 1. The summed E-state index contributed by atoms with van der Waals surface area (Å²) in [5, 5.41) is 9.83. The predicted molar refractivity (Wildman–Crippen MR) is 147 cm³/mol. The van der Waals surface area contributed by atoms with Crippen LogP contribution in [0, 0.1) is 5.82 Å². The maximum atomic E-state index is 15.1. The van der Waals surface area contributed by atoms with Gasteiger partial charge in [0.2, 0.25) is 5.96 Å². The van der Waals surface area contributed by atoms with Crippen LogP contribution in [-0.2, 0) is 11.0 Å². The number of carbonyl (C=O) groups is 1. The van der Waals surface area contributed by atoms with Crippen molar-refractivity contribution in [2.24, 2.45) is 4.99 Å². The Bertz CT molecular complexity index is 1490. The van der Waals surface area contributed by atoms with Crippen molar-refractivity contribution < 1.29 is 89.7 Å². The Balaban J connectivity index is 0.00000253. The van der Waals surface area contributed by atoms with Gasteiger partial charge in [-0.2, -0.15) is 13.2 Å². The number of hydrogen-bond donors (Lipinski definition) is 1. The van der Waals surface area contributed by atoms with Gasteiger partial charge in [0, 0.05) is 43.5 Å². The number of hydrogen-bond acceptors (Lipinski definition) is 7. The molecule has 8 nitrogen and oxygen atoms in total. The zero-order valence-corrected chi connectivity index (χ0v) is 26.5. The summed E-state index contributed by atoms with van der Waals surface area (Å²) in [6.07, 6.45) is -5.18. The fraction of sp³-hybridized carbons (Fsp3) is 0.310. The number of aliphatic imine (C=N–C) groups is 1. The minimum atomic E-state index is -4.66. The largest absolute Gasteiger partial charge is 1.00 e. The number of nitrogens with zero attached hydrogens (tertiary/aromatic N) is 4. The molecule has 218 valence electrons. The van der Waals surface area contributed by atoms with Gasteiger partial charge in [-0.05, 0) is 36.4 Å². The first kappa shape index (κ1) is 32.1. The molecule has 0 spiro atoms. The Labute approximate surface area is 284 Å². The Morgan fingerprint density at radius 3 is 2.33 bits per heavy atom. The molecule has 5 rings (SSSR count). The van der Waals surface area contributed by atoms with Crippen molar-refractivity contribution in [1.82, 2.24) is 4.90 Å². The molecule has 0 aliphatic carbocycles. The van der Waals surface area contributed by atoms with Crippen LogP contribution in [0.2, 0.25) is 0 Å². The molecule has 0 bridgehead atoms. The Hall–Kier alpha value is -2.84. The summed E-state index contributed by atoms with van der Waals surface area (Å²) in [4.78, 5) is 22.0. The van der Waals surface area contributed by atoms with Gasteiger partial charge in [0.15, 0.2) is 0 Å². The van der Waals surface area contributed by atoms with E-state index in [4.69, 9.17) is 9.47 Å². The second-order valence-electron chi connectivity index (χ2n) is 9.63. The van der Waals surface area contributed by atoms with E-state index in [2.05, 4.69) is 9.89 Å². The van der Waals surface area contributed by atoms with Gasteiger partial charge in [-0.15, -0.1) is 0 Å². The zero-order valence-electron chi connectivity index (χ0n) is 24.4. The average Bonchev–Trinajstić information content (AvgIpc) is 2.96. The fourth-order valence-corrected chi connectivity index (χ4v) is 5.24. The van der Waals surface area contributed by atoms with Gasteiger partial charge in [-0.25, -0.2) is 9.38 Å². The predicted octanol–water partition coefficient (Wildman–Crippen LogP) is 2.82. The van der Waals surface area contributed by atoms with Gasteiger partial charge in [-0.1, -0.05) is 18.2 Å². The summed E-state index contributed by atoms with van der Waals surface area (Å²) in [6.45, 7) is 1.82. The van der Waals surface area contributed by atoms with E-state index < -0.39 is 36.0 Å². The number of ether oxygens (including phenoxy) is 2. The average molecular weight is 613 g/mol.